The third kappa shape index (κ3) is 4.53. The van der Waals surface area contributed by atoms with Gasteiger partial charge in [0.2, 0.25) is 16.0 Å². The summed E-state index contributed by atoms with van der Waals surface area (Å²) in [5.74, 6) is 0.994. The molecule has 0 atom stereocenters. The van der Waals surface area contributed by atoms with Gasteiger partial charge in [-0.1, -0.05) is 6.07 Å². The van der Waals surface area contributed by atoms with Gasteiger partial charge >= 0.3 is 0 Å². The van der Waals surface area contributed by atoms with Crippen LogP contribution in [0.3, 0.4) is 0 Å². The Bertz CT molecular complexity index is 1140. The number of sulfonamides is 1. The third-order valence-corrected chi connectivity index (χ3v) is 6.22. The average molecular weight is 431 g/mol. The van der Waals surface area contributed by atoms with Gasteiger partial charge in [0, 0.05) is 30.9 Å². The predicted octanol–water partition coefficient (Wildman–Crippen LogP) is 2.03. The van der Waals surface area contributed by atoms with Crippen LogP contribution in [-0.2, 0) is 10.0 Å². The van der Waals surface area contributed by atoms with Gasteiger partial charge in [-0.2, -0.15) is 9.97 Å². The van der Waals surface area contributed by atoms with E-state index in [1.165, 1.54) is 12.1 Å². The van der Waals surface area contributed by atoms with Crippen molar-refractivity contribution in [2.75, 3.05) is 23.7 Å². The van der Waals surface area contributed by atoms with E-state index in [1.807, 2.05) is 0 Å². The lowest BCUT2D eigenvalue weighted by molar-refractivity contribution is 0.177. The van der Waals surface area contributed by atoms with Crippen LogP contribution in [0.4, 0.5) is 17.5 Å². The van der Waals surface area contributed by atoms with E-state index >= 15 is 0 Å². The lowest BCUT2D eigenvalue weighted by Gasteiger charge is -2.35. The first kappa shape index (κ1) is 20.5. The van der Waals surface area contributed by atoms with Crippen LogP contribution in [-0.4, -0.2) is 58.4 Å². The minimum atomic E-state index is -3.80. The second-order valence-electron chi connectivity index (χ2n) is 7.74. The van der Waals surface area contributed by atoms with Gasteiger partial charge in [0.15, 0.2) is 11.5 Å². The predicted molar refractivity (Wildman–Crippen MR) is 116 cm³/mol. The SMILES string of the molecule is CC(C)N1CCC(Nc2nc(Nc3cccc(S(N)(=O)=O)c3)nc3nc[nH]c23)CC1. The highest BCUT2D eigenvalue weighted by Crippen LogP contribution is 2.25. The summed E-state index contributed by atoms with van der Waals surface area (Å²) in [5.41, 5.74) is 1.79. The number of nitrogens with two attached hydrogens (primary N) is 1. The maximum Gasteiger partial charge on any atom is 0.238 e. The fourth-order valence-electron chi connectivity index (χ4n) is 3.63. The van der Waals surface area contributed by atoms with Crippen LogP contribution in [0.15, 0.2) is 35.5 Å². The molecule has 30 heavy (non-hydrogen) atoms. The van der Waals surface area contributed by atoms with Gasteiger partial charge in [-0.25, -0.2) is 18.5 Å². The van der Waals surface area contributed by atoms with Gasteiger partial charge in [-0.3, -0.25) is 0 Å². The van der Waals surface area contributed by atoms with Crippen LogP contribution in [0.2, 0.25) is 0 Å². The second kappa shape index (κ2) is 8.17. The summed E-state index contributed by atoms with van der Waals surface area (Å²) < 4.78 is 23.2. The fraction of sp³-hybridized carbons (Fsp3) is 0.421. The molecule has 0 unspecified atom stereocenters. The topological polar surface area (TPSA) is 142 Å². The maximum absolute atomic E-state index is 11.6. The molecule has 1 aliphatic rings. The largest absolute Gasteiger partial charge is 0.365 e. The van der Waals surface area contributed by atoms with Crippen LogP contribution in [0.5, 0.6) is 0 Å². The first-order valence-electron chi connectivity index (χ1n) is 9.91. The number of nitrogens with zero attached hydrogens (tertiary/aromatic N) is 4. The molecule has 0 aliphatic carbocycles. The van der Waals surface area contributed by atoms with Gasteiger partial charge in [-0.05, 0) is 44.9 Å². The zero-order valence-corrected chi connectivity index (χ0v) is 17.8. The number of hydrogen-bond donors (Lipinski definition) is 4. The first-order chi connectivity index (χ1) is 14.3. The number of likely N-dealkylation sites (tertiary alicyclic amines) is 1. The van der Waals surface area contributed by atoms with Crippen LogP contribution in [0.1, 0.15) is 26.7 Å². The molecule has 1 aliphatic heterocycles. The number of aromatic nitrogens is 4. The first-order valence-corrected chi connectivity index (χ1v) is 11.5. The Hall–Kier alpha value is -2.76. The molecule has 3 heterocycles. The maximum atomic E-state index is 11.6. The number of nitrogens with one attached hydrogen (secondary N) is 3. The average Bonchev–Trinajstić information content (AvgIpc) is 3.17. The molecule has 5 N–H and O–H groups in total. The molecule has 2 aromatic heterocycles. The zero-order valence-electron chi connectivity index (χ0n) is 17.0. The zero-order chi connectivity index (χ0) is 21.3. The van der Waals surface area contributed by atoms with E-state index in [1.54, 1.807) is 18.5 Å². The van der Waals surface area contributed by atoms with E-state index in [-0.39, 0.29) is 4.90 Å². The summed E-state index contributed by atoms with van der Waals surface area (Å²) in [6.45, 7) is 6.51. The van der Waals surface area contributed by atoms with Gasteiger partial charge in [0.1, 0.15) is 5.52 Å². The highest BCUT2D eigenvalue weighted by molar-refractivity contribution is 7.89. The van der Waals surface area contributed by atoms with Crippen molar-refractivity contribution in [3.8, 4) is 0 Å². The molecule has 0 bridgehead atoms. The second-order valence-corrected chi connectivity index (χ2v) is 9.30. The monoisotopic (exact) mass is 430 g/mol. The molecule has 0 amide bonds. The van der Waals surface area contributed by atoms with Gasteiger partial charge < -0.3 is 20.5 Å². The van der Waals surface area contributed by atoms with Crippen molar-refractivity contribution in [3.05, 3.63) is 30.6 Å². The molecular formula is C19H26N8O2S. The van der Waals surface area contributed by atoms with Crippen molar-refractivity contribution < 1.29 is 8.42 Å². The minimum Gasteiger partial charge on any atom is -0.365 e. The van der Waals surface area contributed by atoms with Crippen molar-refractivity contribution in [1.29, 1.82) is 0 Å². The highest BCUT2D eigenvalue weighted by Gasteiger charge is 2.22. The molecule has 10 nitrogen and oxygen atoms in total. The number of fused-ring (bicyclic) bond motifs is 1. The Morgan fingerprint density at radius 1 is 1.23 bits per heavy atom. The highest BCUT2D eigenvalue weighted by atomic mass is 32.2. The molecule has 160 valence electrons. The van der Waals surface area contributed by atoms with Crippen LogP contribution in [0, 0.1) is 0 Å². The van der Waals surface area contributed by atoms with Crippen molar-refractivity contribution in [2.24, 2.45) is 5.14 Å². The van der Waals surface area contributed by atoms with E-state index in [9.17, 15) is 8.42 Å². The molecule has 0 saturated carbocycles. The summed E-state index contributed by atoms with van der Waals surface area (Å²) >= 11 is 0. The molecule has 1 aromatic carbocycles. The summed E-state index contributed by atoms with van der Waals surface area (Å²) in [7, 11) is -3.80. The summed E-state index contributed by atoms with van der Waals surface area (Å²) in [6, 6.07) is 7.07. The van der Waals surface area contributed by atoms with Crippen LogP contribution in [0.25, 0.3) is 11.2 Å². The van der Waals surface area contributed by atoms with E-state index < -0.39 is 10.0 Å². The number of primary sulfonamides is 1. The Labute approximate surface area is 175 Å². The van der Waals surface area contributed by atoms with Crippen LogP contribution >= 0.6 is 0 Å². The number of imidazole rings is 1. The number of rotatable bonds is 6. The fourth-order valence-corrected chi connectivity index (χ4v) is 4.19. The summed E-state index contributed by atoms with van der Waals surface area (Å²) in [6.07, 6.45) is 3.63. The van der Waals surface area contributed by atoms with Crippen molar-refractivity contribution in [3.63, 3.8) is 0 Å². The molecule has 4 rings (SSSR count). The van der Waals surface area contributed by atoms with E-state index in [4.69, 9.17) is 5.14 Å². The molecule has 0 radical (unpaired) electrons. The molecule has 1 fully saturated rings. The lowest BCUT2D eigenvalue weighted by atomic mass is 10.0. The molecule has 3 aromatic rings. The summed E-state index contributed by atoms with van der Waals surface area (Å²) in [4.78, 5) is 18.9. The van der Waals surface area contributed by atoms with Crippen molar-refractivity contribution in [1.82, 2.24) is 24.8 Å². The number of hydrogen-bond acceptors (Lipinski definition) is 8. The Balaban J connectivity index is 1.56. The van der Waals surface area contributed by atoms with Gasteiger partial charge in [0.05, 0.1) is 11.2 Å². The molecular weight excluding hydrogens is 404 g/mol. The molecule has 11 heteroatoms. The van der Waals surface area contributed by atoms with Gasteiger partial charge in [0.25, 0.3) is 0 Å². The normalized spacial score (nSPS) is 16.3. The lowest BCUT2D eigenvalue weighted by Crippen LogP contribution is -2.42. The molecule has 0 spiro atoms. The van der Waals surface area contributed by atoms with E-state index in [0.29, 0.717) is 35.2 Å². The van der Waals surface area contributed by atoms with Crippen LogP contribution < -0.4 is 15.8 Å². The number of H-pyrrole nitrogens is 1. The van der Waals surface area contributed by atoms with Crippen molar-refractivity contribution in [2.45, 2.75) is 43.7 Å². The number of benzene rings is 1. The number of aromatic amines is 1. The standard InChI is InChI=1S/C19H26N8O2S/c1-12(2)27-8-6-13(7-9-27)23-18-16-17(22-11-21-16)25-19(26-18)24-14-4-3-5-15(10-14)30(20,28)29/h3-5,10-13H,6-9H2,1-2H3,(H2,20,28,29)(H3,21,22,23,24,25,26). The summed E-state index contributed by atoms with van der Waals surface area (Å²) in [5, 5.41) is 11.8. The Kier molecular flexibility index (Phi) is 5.58. The molecule has 1 saturated heterocycles. The van der Waals surface area contributed by atoms with E-state index in [2.05, 4.69) is 49.3 Å². The number of anilines is 3. The number of piperidine rings is 1. The quantitative estimate of drug-likeness (QED) is 0.465. The van der Waals surface area contributed by atoms with E-state index in [0.717, 1.165) is 31.4 Å². The van der Waals surface area contributed by atoms with Crippen molar-refractivity contribution >= 4 is 38.6 Å². The smallest absolute Gasteiger partial charge is 0.238 e. The Morgan fingerprint density at radius 2 is 2.00 bits per heavy atom. The third-order valence-electron chi connectivity index (χ3n) is 5.31. The van der Waals surface area contributed by atoms with Gasteiger partial charge in [-0.15, -0.1) is 0 Å². The minimum absolute atomic E-state index is 0.0172. The Morgan fingerprint density at radius 3 is 2.70 bits per heavy atom.